The van der Waals surface area contributed by atoms with Crippen LogP contribution in [0.1, 0.15) is 93.4 Å². The van der Waals surface area contributed by atoms with Crippen LogP contribution in [0.3, 0.4) is 0 Å². The summed E-state index contributed by atoms with van der Waals surface area (Å²) < 4.78 is 6.40. The molecule has 5 aliphatic carbocycles. The second kappa shape index (κ2) is 11.5. The smallest absolute Gasteiger partial charge is 0.135 e. The van der Waals surface area contributed by atoms with Crippen molar-refractivity contribution in [3.05, 3.63) is 150 Å². The summed E-state index contributed by atoms with van der Waals surface area (Å²) in [6.07, 6.45) is 13.1. The van der Waals surface area contributed by atoms with E-state index in [2.05, 4.69) is 139 Å². The molecule has 0 saturated heterocycles. The summed E-state index contributed by atoms with van der Waals surface area (Å²) in [5.41, 5.74) is 17.8. The number of furan rings is 1. The zero-order chi connectivity index (χ0) is 35.6. The Morgan fingerprint density at radius 1 is 0.574 bits per heavy atom. The fourth-order valence-corrected chi connectivity index (χ4v) is 13.1. The summed E-state index contributed by atoms with van der Waals surface area (Å²) >= 11 is 0. The molecule has 2 unspecified atom stereocenters. The van der Waals surface area contributed by atoms with Crippen LogP contribution in [-0.4, -0.2) is 0 Å². The predicted octanol–water partition coefficient (Wildman–Crippen LogP) is 14.4. The van der Waals surface area contributed by atoms with Crippen LogP contribution in [0.4, 0.5) is 17.1 Å². The van der Waals surface area contributed by atoms with E-state index in [0.717, 1.165) is 17.1 Å². The van der Waals surface area contributed by atoms with E-state index in [1.807, 2.05) is 0 Å². The molecule has 2 atom stereocenters. The van der Waals surface area contributed by atoms with Gasteiger partial charge in [-0.05, 0) is 138 Å². The molecule has 2 nitrogen and oxygen atoms in total. The summed E-state index contributed by atoms with van der Waals surface area (Å²) in [6.45, 7) is 2.43. The lowest BCUT2D eigenvalue weighted by molar-refractivity contribution is 0.0492. The second-order valence-electron chi connectivity index (χ2n) is 17.4. The lowest BCUT2D eigenvalue weighted by Gasteiger charge is -2.55. The number of anilines is 3. The van der Waals surface area contributed by atoms with Gasteiger partial charge in [0.1, 0.15) is 11.2 Å². The Balaban J connectivity index is 1.13. The molecule has 54 heavy (non-hydrogen) atoms. The van der Waals surface area contributed by atoms with Gasteiger partial charge in [0.2, 0.25) is 0 Å². The van der Waals surface area contributed by atoms with Crippen molar-refractivity contribution in [1.82, 2.24) is 0 Å². The highest BCUT2D eigenvalue weighted by atomic mass is 16.3. The maximum Gasteiger partial charge on any atom is 0.135 e. The summed E-state index contributed by atoms with van der Waals surface area (Å²) in [5.74, 6) is 2.22. The van der Waals surface area contributed by atoms with Crippen LogP contribution in [0.25, 0.3) is 44.2 Å². The van der Waals surface area contributed by atoms with Crippen molar-refractivity contribution >= 4 is 39.0 Å². The molecule has 3 fully saturated rings. The Morgan fingerprint density at radius 3 is 2.07 bits per heavy atom. The summed E-state index contributed by atoms with van der Waals surface area (Å²) in [7, 11) is 0. The van der Waals surface area contributed by atoms with E-state index in [1.165, 1.54) is 125 Å². The lowest BCUT2D eigenvalue weighted by Crippen LogP contribution is -2.49. The van der Waals surface area contributed by atoms with E-state index in [0.29, 0.717) is 11.8 Å². The van der Waals surface area contributed by atoms with Crippen molar-refractivity contribution in [3.8, 4) is 22.3 Å². The molecule has 2 bridgehead atoms. The monoisotopic (exact) mass is 701 g/mol. The Labute approximate surface area is 318 Å². The van der Waals surface area contributed by atoms with Crippen LogP contribution in [-0.2, 0) is 10.8 Å². The molecule has 0 N–H and O–H groups in total. The van der Waals surface area contributed by atoms with Crippen LogP contribution in [0.5, 0.6) is 0 Å². The molecular formula is C52H47NO. The maximum atomic E-state index is 6.40. The van der Waals surface area contributed by atoms with Gasteiger partial charge in [-0.2, -0.15) is 0 Å². The van der Waals surface area contributed by atoms with Gasteiger partial charge in [-0.3, -0.25) is 0 Å². The Morgan fingerprint density at radius 2 is 1.24 bits per heavy atom. The van der Waals surface area contributed by atoms with Crippen molar-refractivity contribution in [2.24, 2.45) is 17.8 Å². The average Bonchev–Trinajstić information content (AvgIpc) is 3.98. The molecule has 12 rings (SSSR count). The molecule has 0 amide bonds. The SMILES string of the molecule is CCC1CC2CCCC(C1)C21c2ccccc2-c2c(N(c3ccc4c(c3)C3(CCCC3)c3ccccc3-4)c3ccc4oc5ccccc5c4c3)cccc21. The molecule has 1 heterocycles. The zero-order valence-corrected chi connectivity index (χ0v) is 31.3. The van der Waals surface area contributed by atoms with Crippen molar-refractivity contribution in [2.75, 3.05) is 4.90 Å². The van der Waals surface area contributed by atoms with Crippen molar-refractivity contribution < 1.29 is 4.42 Å². The topological polar surface area (TPSA) is 16.4 Å². The van der Waals surface area contributed by atoms with Crippen molar-refractivity contribution in [3.63, 3.8) is 0 Å². The highest BCUT2D eigenvalue weighted by molar-refractivity contribution is 6.07. The number of hydrogen-bond donors (Lipinski definition) is 0. The first-order valence-corrected chi connectivity index (χ1v) is 20.9. The number of hydrogen-bond acceptors (Lipinski definition) is 2. The summed E-state index contributed by atoms with van der Waals surface area (Å²) in [5, 5.41) is 2.34. The highest BCUT2D eigenvalue weighted by Gasteiger charge is 2.58. The highest BCUT2D eigenvalue weighted by Crippen LogP contribution is 2.67. The van der Waals surface area contributed by atoms with Gasteiger partial charge in [0, 0.05) is 38.5 Å². The van der Waals surface area contributed by atoms with E-state index in [1.54, 1.807) is 11.1 Å². The minimum absolute atomic E-state index is 0.0930. The third-order valence-electron chi connectivity index (χ3n) is 15.2. The van der Waals surface area contributed by atoms with Gasteiger partial charge in [-0.15, -0.1) is 0 Å². The van der Waals surface area contributed by atoms with Crippen LogP contribution < -0.4 is 4.90 Å². The molecule has 7 aromatic rings. The third kappa shape index (κ3) is 4.02. The van der Waals surface area contributed by atoms with E-state index < -0.39 is 0 Å². The molecule has 0 radical (unpaired) electrons. The Bertz CT molecular complexity index is 2620. The van der Waals surface area contributed by atoms with Crippen molar-refractivity contribution in [2.45, 2.75) is 82.0 Å². The Kier molecular flexibility index (Phi) is 6.64. The number of para-hydroxylation sites is 1. The first-order chi connectivity index (χ1) is 26.7. The minimum Gasteiger partial charge on any atom is -0.456 e. The number of rotatable bonds is 4. The number of nitrogens with zero attached hydrogens (tertiary/aromatic N) is 1. The fraction of sp³-hybridized carbons (Fsp3) is 0.308. The summed E-state index contributed by atoms with van der Waals surface area (Å²) in [4.78, 5) is 2.62. The summed E-state index contributed by atoms with van der Waals surface area (Å²) in [6, 6.07) is 49.0. The molecule has 266 valence electrons. The average molecular weight is 702 g/mol. The van der Waals surface area contributed by atoms with E-state index in [9.17, 15) is 0 Å². The number of fused-ring (bicyclic) bond motifs is 11. The van der Waals surface area contributed by atoms with Gasteiger partial charge in [0.05, 0.1) is 5.69 Å². The maximum absolute atomic E-state index is 6.40. The van der Waals surface area contributed by atoms with Gasteiger partial charge in [0.25, 0.3) is 0 Å². The van der Waals surface area contributed by atoms with Gasteiger partial charge < -0.3 is 9.32 Å². The third-order valence-corrected chi connectivity index (χ3v) is 15.2. The van der Waals surface area contributed by atoms with Crippen LogP contribution >= 0.6 is 0 Å². The standard InChI is InChI=1S/C52H47NO/c1-2-33-29-34-13-11-14-35(30-33)52(34)44-19-7-4-17-41(44)50-45(52)20-12-21-47(50)53(36-24-26-49-42(31-36)40-16-5-8-22-48(40)54-49)37-23-25-39-38-15-3-6-18-43(38)51(46(39)32-37)27-9-10-28-51/h3-8,12,15-26,31-35H,2,9-11,13-14,27-30H2,1H3. The second-order valence-corrected chi connectivity index (χ2v) is 17.4. The van der Waals surface area contributed by atoms with Crippen LogP contribution in [0, 0.1) is 17.8 Å². The molecular weight excluding hydrogens is 655 g/mol. The van der Waals surface area contributed by atoms with Crippen molar-refractivity contribution in [1.29, 1.82) is 0 Å². The van der Waals surface area contributed by atoms with Gasteiger partial charge in [-0.25, -0.2) is 0 Å². The predicted molar refractivity (Wildman–Crippen MR) is 223 cm³/mol. The first kappa shape index (κ1) is 31.3. The van der Waals surface area contributed by atoms with Crippen LogP contribution in [0.2, 0.25) is 0 Å². The molecule has 1 aromatic heterocycles. The fourth-order valence-electron chi connectivity index (χ4n) is 13.1. The quantitative estimate of drug-likeness (QED) is 0.182. The van der Waals surface area contributed by atoms with E-state index in [-0.39, 0.29) is 10.8 Å². The number of benzene rings is 6. The molecule has 6 aromatic carbocycles. The first-order valence-electron chi connectivity index (χ1n) is 20.9. The van der Waals surface area contributed by atoms with Gasteiger partial charge in [-0.1, -0.05) is 118 Å². The normalized spacial score (nSPS) is 24.2. The van der Waals surface area contributed by atoms with Gasteiger partial charge in [0.15, 0.2) is 0 Å². The molecule has 2 spiro atoms. The van der Waals surface area contributed by atoms with Gasteiger partial charge >= 0.3 is 0 Å². The van der Waals surface area contributed by atoms with Crippen LogP contribution in [0.15, 0.2) is 132 Å². The zero-order valence-electron chi connectivity index (χ0n) is 31.3. The largest absolute Gasteiger partial charge is 0.456 e. The lowest BCUT2D eigenvalue weighted by atomic mass is 9.49. The molecule has 2 heteroatoms. The molecule has 0 aliphatic heterocycles. The molecule has 3 saturated carbocycles. The minimum atomic E-state index is 0.0930. The Hall–Kier alpha value is -5.08. The van der Waals surface area contributed by atoms with E-state index >= 15 is 0 Å². The molecule has 5 aliphatic rings. The van der Waals surface area contributed by atoms with E-state index in [4.69, 9.17) is 4.42 Å².